The molecule has 6 nitrogen and oxygen atoms in total. The topological polar surface area (TPSA) is 66.8 Å². The molecule has 180 valence electrons. The van der Waals surface area contributed by atoms with Crippen molar-refractivity contribution in [3.63, 3.8) is 0 Å². The number of amides is 1. The summed E-state index contributed by atoms with van der Waals surface area (Å²) in [5.74, 6) is -0.139. The zero-order valence-corrected chi connectivity index (χ0v) is 21.5. The van der Waals surface area contributed by atoms with E-state index in [0.29, 0.717) is 16.1 Å². The number of likely N-dealkylation sites (tertiary alicyclic amines) is 1. The van der Waals surface area contributed by atoms with E-state index in [9.17, 15) is 13.2 Å². The van der Waals surface area contributed by atoms with Crippen LogP contribution in [0.25, 0.3) is 10.8 Å². The third-order valence-corrected chi connectivity index (χ3v) is 9.94. The zero-order valence-electron chi connectivity index (χ0n) is 19.1. The first kappa shape index (κ1) is 23.9. The quantitative estimate of drug-likeness (QED) is 0.512. The van der Waals surface area contributed by atoms with E-state index in [4.69, 9.17) is 11.6 Å². The Morgan fingerprint density at radius 2 is 1.82 bits per heavy atom. The molecule has 0 saturated carbocycles. The average molecular weight is 519 g/mol. The van der Waals surface area contributed by atoms with E-state index in [1.807, 2.05) is 12.1 Å². The third-order valence-electron chi connectivity index (χ3n) is 6.95. The summed E-state index contributed by atoms with van der Waals surface area (Å²) in [6.07, 6.45) is 6.33. The molecule has 0 spiro atoms. The van der Waals surface area contributed by atoms with Gasteiger partial charge in [-0.15, -0.1) is 0 Å². The summed E-state index contributed by atoms with van der Waals surface area (Å²) >= 11 is 7.71. The van der Waals surface area contributed by atoms with Crippen molar-refractivity contribution >= 4 is 55.0 Å². The molecular formula is C25H29ClN3O3S2+. The number of halogens is 1. The van der Waals surface area contributed by atoms with Crippen LogP contribution in [0.1, 0.15) is 32.1 Å². The standard InChI is InChI=1S/C25H29ClN3O3S2/c26-21-7-5-20-16-23(8-6-19(20)15-21)34(31,32)14-9-24(30)29(12-2-1-3-13-29)18-22-17-28-11-4-10-27-25(28)33-22/h5-8,15-17H,1-4,9-14,18H2/q+1. The molecule has 5 rings (SSSR count). The molecule has 0 N–H and O–H groups in total. The number of quaternary nitrogens is 1. The van der Waals surface area contributed by atoms with Crippen molar-refractivity contribution < 1.29 is 17.7 Å². The fraction of sp³-hybridized carbons (Fsp3) is 0.440. The highest BCUT2D eigenvalue weighted by atomic mass is 35.5. The number of sulfone groups is 1. The van der Waals surface area contributed by atoms with E-state index >= 15 is 0 Å². The molecule has 2 aromatic carbocycles. The number of aliphatic imine (C=N–C) groups is 1. The molecule has 34 heavy (non-hydrogen) atoms. The molecule has 0 radical (unpaired) electrons. The number of thioether (sulfide) groups is 1. The fourth-order valence-corrected chi connectivity index (χ4v) is 7.66. The van der Waals surface area contributed by atoms with Gasteiger partial charge in [-0.3, -0.25) is 9.48 Å². The van der Waals surface area contributed by atoms with Gasteiger partial charge in [0, 0.05) is 24.3 Å². The average Bonchev–Trinajstić information content (AvgIpc) is 3.24. The summed E-state index contributed by atoms with van der Waals surface area (Å²) in [5.41, 5.74) is 0. The van der Waals surface area contributed by atoms with Crippen molar-refractivity contribution in [2.24, 2.45) is 4.99 Å². The van der Waals surface area contributed by atoms with Gasteiger partial charge in [0.2, 0.25) is 0 Å². The number of amidine groups is 1. The van der Waals surface area contributed by atoms with Gasteiger partial charge in [-0.2, -0.15) is 0 Å². The van der Waals surface area contributed by atoms with Gasteiger partial charge in [-0.1, -0.05) is 23.7 Å². The van der Waals surface area contributed by atoms with E-state index in [2.05, 4.69) is 16.1 Å². The number of rotatable bonds is 6. The molecule has 0 atom stereocenters. The second kappa shape index (κ2) is 9.64. The molecule has 9 heteroatoms. The lowest BCUT2D eigenvalue weighted by atomic mass is 10.1. The number of fused-ring (bicyclic) bond motifs is 2. The van der Waals surface area contributed by atoms with Gasteiger partial charge in [-0.05, 0) is 72.5 Å². The zero-order chi connectivity index (χ0) is 23.8. The highest BCUT2D eigenvalue weighted by Crippen LogP contribution is 2.34. The number of carbonyl (C=O) groups excluding carboxylic acids is 1. The van der Waals surface area contributed by atoms with Crippen molar-refractivity contribution in [1.82, 2.24) is 4.90 Å². The van der Waals surface area contributed by atoms with Crippen LogP contribution in [-0.2, 0) is 14.6 Å². The monoisotopic (exact) mass is 518 g/mol. The Morgan fingerprint density at radius 1 is 1.06 bits per heavy atom. The smallest absolute Gasteiger partial charge is 0.315 e. The van der Waals surface area contributed by atoms with Crippen LogP contribution in [0.5, 0.6) is 0 Å². The van der Waals surface area contributed by atoms with Gasteiger partial charge < -0.3 is 4.90 Å². The van der Waals surface area contributed by atoms with Crippen LogP contribution in [0.15, 0.2) is 57.4 Å². The van der Waals surface area contributed by atoms with Crippen LogP contribution >= 0.6 is 23.4 Å². The van der Waals surface area contributed by atoms with Crippen molar-refractivity contribution in [2.75, 3.05) is 38.5 Å². The van der Waals surface area contributed by atoms with E-state index < -0.39 is 9.84 Å². The van der Waals surface area contributed by atoms with Gasteiger partial charge in [0.05, 0.1) is 35.1 Å². The number of benzene rings is 2. The number of carbonyl (C=O) groups is 1. The summed E-state index contributed by atoms with van der Waals surface area (Å²) in [5, 5.41) is 3.36. The lowest BCUT2D eigenvalue weighted by Crippen LogP contribution is -2.56. The van der Waals surface area contributed by atoms with Crippen LogP contribution < -0.4 is 0 Å². The van der Waals surface area contributed by atoms with Crippen LogP contribution in [0.2, 0.25) is 5.02 Å². The number of nitrogens with zero attached hydrogens (tertiary/aromatic N) is 3. The molecule has 0 aliphatic carbocycles. The molecule has 1 saturated heterocycles. The molecule has 2 aromatic rings. The van der Waals surface area contributed by atoms with Gasteiger partial charge in [0.1, 0.15) is 6.54 Å². The molecule has 0 unspecified atom stereocenters. The first-order valence-corrected chi connectivity index (χ1v) is 14.7. The Balaban J connectivity index is 1.31. The Bertz CT molecular complexity index is 1280. The van der Waals surface area contributed by atoms with E-state index in [1.165, 1.54) is 0 Å². The highest BCUT2D eigenvalue weighted by molar-refractivity contribution is 8.17. The Morgan fingerprint density at radius 3 is 2.62 bits per heavy atom. The fourth-order valence-electron chi connectivity index (χ4n) is 5.08. The van der Waals surface area contributed by atoms with Gasteiger partial charge >= 0.3 is 5.91 Å². The predicted molar refractivity (Wildman–Crippen MR) is 139 cm³/mol. The second-order valence-corrected chi connectivity index (χ2v) is 13.0. The lowest BCUT2D eigenvalue weighted by Gasteiger charge is -2.39. The van der Waals surface area contributed by atoms with Gasteiger partial charge in [0.25, 0.3) is 0 Å². The van der Waals surface area contributed by atoms with Crippen molar-refractivity contribution in [1.29, 1.82) is 0 Å². The molecule has 1 amide bonds. The first-order chi connectivity index (χ1) is 16.3. The SMILES string of the molecule is O=C(CCS(=O)(=O)c1ccc2cc(Cl)ccc2c1)[N+]1(CC2=CN3CCCN=C3S2)CCCCC1. The van der Waals surface area contributed by atoms with Gasteiger partial charge in [-0.25, -0.2) is 13.2 Å². The Kier molecular flexibility index (Phi) is 6.77. The minimum atomic E-state index is -3.58. The maximum absolute atomic E-state index is 13.6. The first-order valence-electron chi connectivity index (χ1n) is 11.9. The Labute approximate surface area is 210 Å². The second-order valence-electron chi connectivity index (χ2n) is 9.34. The number of hydrogen-bond acceptors (Lipinski definition) is 6. The van der Waals surface area contributed by atoms with Crippen LogP contribution in [0.3, 0.4) is 0 Å². The molecule has 3 aliphatic heterocycles. The lowest BCUT2D eigenvalue weighted by molar-refractivity contribution is -0.854. The number of piperidine rings is 1. The summed E-state index contributed by atoms with van der Waals surface area (Å²) in [6, 6.07) is 10.4. The van der Waals surface area contributed by atoms with Crippen LogP contribution in [-0.4, -0.2) is 67.4 Å². The predicted octanol–water partition coefficient (Wildman–Crippen LogP) is 4.83. The molecule has 1 fully saturated rings. The number of hydrogen-bond donors (Lipinski definition) is 0. The molecule has 0 aromatic heterocycles. The third kappa shape index (κ3) is 4.91. The minimum absolute atomic E-state index is 0.0313. The van der Waals surface area contributed by atoms with Crippen molar-refractivity contribution in [2.45, 2.75) is 37.0 Å². The highest BCUT2D eigenvalue weighted by Gasteiger charge is 2.41. The molecule has 3 heterocycles. The van der Waals surface area contributed by atoms with E-state index in [-0.39, 0.29) is 23.0 Å². The summed E-state index contributed by atoms with van der Waals surface area (Å²) in [4.78, 5) is 21.8. The molecule has 3 aliphatic rings. The normalized spacial score (nSPS) is 20.1. The van der Waals surface area contributed by atoms with E-state index in [1.54, 1.807) is 36.0 Å². The summed E-state index contributed by atoms with van der Waals surface area (Å²) in [7, 11) is -3.58. The van der Waals surface area contributed by atoms with E-state index in [0.717, 1.165) is 72.7 Å². The van der Waals surface area contributed by atoms with Crippen molar-refractivity contribution in [3.05, 3.63) is 52.5 Å². The molecule has 0 bridgehead atoms. The maximum Gasteiger partial charge on any atom is 0.315 e. The van der Waals surface area contributed by atoms with Crippen LogP contribution in [0.4, 0.5) is 0 Å². The summed E-state index contributed by atoms with van der Waals surface area (Å²) in [6.45, 7) is 4.02. The van der Waals surface area contributed by atoms with Gasteiger partial charge in [0.15, 0.2) is 15.0 Å². The summed E-state index contributed by atoms with van der Waals surface area (Å²) < 4.78 is 26.6. The largest absolute Gasteiger partial charge is 0.327 e. The van der Waals surface area contributed by atoms with Crippen LogP contribution in [0, 0.1) is 0 Å². The molecular weight excluding hydrogens is 490 g/mol. The minimum Gasteiger partial charge on any atom is -0.327 e. The Hall–Kier alpha value is -1.87. The maximum atomic E-state index is 13.6. The van der Waals surface area contributed by atoms with Crippen molar-refractivity contribution in [3.8, 4) is 0 Å².